The number of nitrogens with one attached hydrogen (secondary N) is 1. The van der Waals surface area contributed by atoms with Crippen molar-refractivity contribution in [3.63, 3.8) is 0 Å². The van der Waals surface area contributed by atoms with E-state index in [-0.39, 0.29) is 5.84 Å². The van der Waals surface area contributed by atoms with E-state index in [0.717, 1.165) is 30.5 Å². The lowest BCUT2D eigenvalue weighted by Crippen LogP contribution is -2.44. The van der Waals surface area contributed by atoms with Crippen LogP contribution >= 0.6 is 0 Å². The van der Waals surface area contributed by atoms with Gasteiger partial charge in [0.25, 0.3) is 0 Å². The number of hydrogen-bond donors (Lipinski definition) is 3. The molecule has 1 saturated carbocycles. The predicted octanol–water partition coefficient (Wildman–Crippen LogP) is 1.05. The van der Waals surface area contributed by atoms with E-state index in [2.05, 4.69) is 10.5 Å². The molecular weight excluding hydrogens is 230 g/mol. The first-order valence-electron chi connectivity index (χ1n) is 6.06. The van der Waals surface area contributed by atoms with Gasteiger partial charge in [-0.15, -0.1) is 0 Å². The number of nitrogens with zero attached hydrogens (tertiary/aromatic N) is 1. The SMILES string of the molecule is COC1CC(NCc2cccc(/C(N)=N/O)c2)C1. The molecule has 0 saturated heterocycles. The second kappa shape index (κ2) is 5.84. The zero-order valence-electron chi connectivity index (χ0n) is 10.5. The number of hydrogen-bond acceptors (Lipinski definition) is 4. The molecule has 1 aromatic rings. The van der Waals surface area contributed by atoms with Gasteiger partial charge >= 0.3 is 0 Å². The van der Waals surface area contributed by atoms with Crippen LogP contribution in [0.25, 0.3) is 0 Å². The van der Waals surface area contributed by atoms with Crippen LogP contribution < -0.4 is 11.1 Å². The molecule has 2 rings (SSSR count). The topological polar surface area (TPSA) is 79.9 Å². The Morgan fingerprint density at radius 2 is 2.33 bits per heavy atom. The van der Waals surface area contributed by atoms with Crippen LogP contribution in [0, 0.1) is 0 Å². The van der Waals surface area contributed by atoms with Gasteiger partial charge in [-0.3, -0.25) is 0 Å². The average Bonchev–Trinajstić information content (AvgIpc) is 2.36. The van der Waals surface area contributed by atoms with Gasteiger partial charge in [-0.05, 0) is 24.5 Å². The van der Waals surface area contributed by atoms with Crippen molar-refractivity contribution in [2.24, 2.45) is 10.9 Å². The first-order valence-corrected chi connectivity index (χ1v) is 6.06. The van der Waals surface area contributed by atoms with Crippen molar-refractivity contribution in [1.29, 1.82) is 0 Å². The molecule has 4 N–H and O–H groups in total. The maximum Gasteiger partial charge on any atom is 0.170 e. The van der Waals surface area contributed by atoms with Crippen molar-refractivity contribution >= 4 is 5.84 Å². The van der Waals surface area contributed by atoms with Crippen LogP contribution in [0.1, 0.15) is 24.0 Å². The summed E-state index contributed by atoms with van der Waals surface area (Å²) >= 11 is 0. The van der Waals surface area contributed by atoms with Gasteiger partial charge < -0.3 is 21.0 Å². The van der Waals surface area contributed by atoms with Crippen LogP contribution in [0.3, 0.4) is 0 Å². The number of oxime groups is 1. The lowest BCUT2D eigenvalue weighted by atomic mass is 9.89. The highest BCUT2D eigenvalue weighted by Gasteiger charge is 2.28. The summed E-state index contributed by atoms with van der Waals surface area (Å²) in [5, 5.41) is 15.1. The third kappa shape index (κ3) is 3.00. The number of benzene rings is 1. The Hall–Kier alpha value is -1.59. The molecule has 1 aromatic carbocycles. The van der Waals surface area contributed by atoms with Gasteiger partial charge in [0, 0.05) is 25.3 Å². The smallest absolute Gasteiger partial charge is 0.170 e. The third-order valence-electron chi connectivity index (χ3n) is 3.35. The van der Waals surface area contributed by atoms with Crippen LogP contribution in [0.4, 0.5) is 0 Å². The minimum absolute atomic E-state index is 0.139. The first kappa shape index (κ1) is 12.9. The van der Waals surface area contributed by atoms with Crippen LogP contribution in [0.2, 0.25) is 0 Å². The molecule has 0 spiro atoms. The van der Waals surface area contributed by atoms with Gasteiger partial charge in [0.1, 0.15) is 0 Å². The number of rotatable bonds is 5. The van der Waals surface area contributed by atoms with E-state index in [4.69, 9.17) is 15.7 Å². The minimum Gasteiger partial charge on any atom is -0.409 e. The van der Waals surface area contributed by atoms with Gasteiger partial charge in [-0.25, -0.2) is 0 Å². The van der Waals surface area contributed by atoms with Crippen molar-refractivity contribution in [3.05, 3.63) is 35.4 Å². The number of methoxy groups -OCH3 is 1. The van der Waals surface area contributed by atoms with E-state index in [1.807, 2.05) is 24.3 Å². The highest BCUT2D eigenvalue weighted by molar-refractivity contribution is 5.97. The molecule has 98 valence electrons. The Labute approximate surface area is 107 Å². The lowest BCUT2D eigenvalue weighted by Gasteiger charge is -2.34. The standard InChI is InChI=1S/C13H19N3O2/c1-18-12-6-11(7-12)15-8-9-3-2-4-10(5-9)13(14)16-17/h2-5,11-12,15,17H,6-8H2,1H3,(H2,14,16). The van der Waals surface area contributed by atoms with Crippen LogP contribution in [-0.2, 0) is 11.3 Å². The molecule has 0 aliphatic heterocycles. The van der Waals surface area contributed by atoms with Crippen LogP contribution in [0.5, 0.6) is 0 Å². The molecular formula is C13H19N3O2. The maximum absolute atomic E-state index is 8.63. The fourth-order valence-electron chi connectivity index (χ4n) is 2.09. The Morgan fingerprint density at radius 1 is 1.56 bits per heavy atom. The van der Waals surface area contributed by atoms with E-state index in [1.165, 1.54) is 0 Å². The van der Waals surface area contributed by atoms with Crippen LogP contribution in [-0.4, -0.2) is 30.3 Å². The monoisotopic (exact) mass is 249 g/mol. The summed E-state index contributed by atoms with van der Waals surface area (Å²) in [6.07, 6.45) is 2.54. The molecule has 1 aliphatic rings. The molecule has 0 amide bonds. The van der Waals surface area contributed by atoms with Crippen molar-refractivity contribution < 1.29 is 9.94 Å². The quantitative estimate of drug-likeness (QED) is 0.315. The van der Waals surface area contributed by atoms with E-state index < -0.39 is 0 Å². The third-order valence-corrected chi connectivity index (χ3v) is 3.35. The molecule has 0 unspecified atom stereocenters. The number of amidine groups is 1. The van der Waals surface area contributed by atoms with Crippen molar-refractivity contribution in [2.45, 2.75) is 31.5 Å². The van der Waals surface area contributed by atoms with Gasteiger partial charge in [-0.1, -0.05) is 23.4 Å². The van der Waals surface area contributed by atoms with Gasteiger partial charge in [0.05, 0.1) is 6.10 Å². The highest BCUT2D eigenvalue weighted by Crippen LogP contribution is 2.22. The van der Waals surface area contributed by atoms with E-state index in [9.17, 15) is 0 Å². The molecule has 18 heavy (non-hydrogen) atoms. The van der Waals surface area contributed by atoms with Crippen LogP contribution in [0.15, 0.2) is 29.4 Å². The maximum atomic E-state index is 8.63. The summed E-state index contributed by atoms with van der Waals surface area (Å²) in [6.45, 7) is 0.785. The van der Waals surface area contributed by atoms with E-state index in [0.29, 0.717) is 12.1 Å². The predicted molar refractivity (Wildman–Crippen MR) is 69.6 cm³/mol. The summed E-state index contributed by atoms with van der Waals surface area (Å²) < 4.78 is 5.23. The van der Waals surface area contributed by atoms with Gasteiger partial charge in [0.2, 0.25) is 0 Å². The number of ether oxygens (including phenoxy) is 1. The molecule has 0 bridgehead atoms. The fraction of sp³-hybridized carbons (Fsp3) is 0.462. The Balaban J connectivity index is 1.86. The molecule has 5 heteroatoms. The largest absolute Gasteiger partial charge is 0.409 e. The van der Waals surface area contributed by atoms with E-state index in [1.54, 1.807) is 7.11 Å². The minimum atomic E-state index is 0.139. The lowest BCUT2D eigenvalue weighted by molar-refractivity contribution is 0.0170. The normalized spacial score (nSPS) is 23.7. The second-order valence-electron chi connectivity index (χ2n) is 4.59. The van der Waals surface area contributed by atoms with Gasteiger partial charge in [-0.2, -0.15) is 0 Å². The van der Waals surface area contributed by atoms with Gasteiger partial charge in [0.15, 0.2) is 5.84 Å². The zero-order chi connectivity index (χ0) is 13.0. The average molecular weight is 249 g/mol. The molecule has 0 radical (unpaired) electrons. The molecule has 0 aromatic heterocycles. The Kier molecular flexibility index (Phi) is 4.17. The van der Waals surface area contributed by atoms with E-state index >= 15 is 0 Å². The Bertz CT molecular complexity index is 428. The fourth-order valence-corrected chi connectivity index (χ4v) is 2.09. The summed E-state index contributed by atoms with van der Waals surface area (Å²) in [6, 6.07) is 8.20. The van der Waals surface area contributed by atoms with Crippen molar-refractivity contribution in [3.8, 4) is 0 Å². The highest BCUT2D eigenvalue weighted by atomic mass is 16.5. The Morgan fingerprint density at radius 3 is 3.00 bits per heavy atom. The van der Waals surface area contributed by atoms with Crippen molar-refractivity contribution in [2.75, 3.05) is 7.11 Å². The summed E-state index contributed by atoms with van der Waals surface area (Å²) in [7, 11) is 1.75. The van der Waals surface area contributed by atoms with Crippen molar-refractivity contribution in [1.82, 2.24) is 5.32 Å². The first-order chi connectivity index (χ1) is 8.72. The zero-order valence-corrected chi connectivity index (χ0v) is 10.5. The molecule has 1 fully saturated rings. The summed E-state index contributed by atoms with van der Waals surface area (Å²) in [5.74, 6) is 0.139. The molecule has 1 aliphatic carbocycles. The molecule has 0 atom stereocenters. The summed E-state index contributed by atoms with van der Waals surface area (Å²) in [4.78, 5) is 0. The molecule has 5 nitrogen and oxygen atoms in total. The second-order valence-corrected chi connectivity index (χ2v) is 4.59. The number of nitrogens with two attached hydrogens (primary N) is 1. The molecule has 0 heterocycles. The summed E-state index contributed by atoms with van der Waals surface area (Å²) in [5.41, 5.74) is 7.42.